The molecule has 2 atom stereocenters. The molecule has 2 heterocycles. The van der Waals surface area contributed by atoms with Gasteiger partial charge in [-0.1, -0.05) is 13.8 Å². The van der Waals surface area contributed by atoms with Crippen molar-refractivity contribution in [3.63, 3.8) is 0 Å². The summed E-state index contributed by atoms with van der Waals surface area (Å²) in [6, 6.07) is -0.385. The quantitative estimate of drug-likeness (QED) is 0.711. The van der Waals surface area contributed by atoms with Crippen LogP contribution in [-0.4, -0.2) is 61.3 Å². The summed E-state index contributed by atoms with van der Waals surface area (Å²) in [5.41, 5.74) is 0. The van der Waals surface area contributed by atoms with Crippen molar-refractivity contribution in [3.05, 3.63) is 0 Å². The van der Waals surface area contributed by atoms with Gasteiger partial charge >= 0.3 is 0 Å². The summed E-state index contributed by atoms with van der Waals surface area (Å²) < 4.78 is 10.8. The van der Waals surface area contributed by atoms with Crippen LogP contribution < -0.4 is 5.32 Å². The Morgan fingerprint density at radius 3 is 2.65 bits per heavy atom. The number of hydrogen-bond donors (Lipinski definition) is 1. The molecule has 6 nitrogen and oxygen atoms in total. The van der Waals surface area contributed by atoms with Crippen LogP contribution in [0.25, 0.3) is 0 Å². The Labute approximate surface area is 119 Å². The fourth-order valence-corrected chi connectivity index (χ4v) is 2.78. The van der Waals surface area contributed by atoms with Crippen LogP contribution in [0.1, 0.15) is 33.1 Å². The molecule has 0 bridgehead atoms. The van der Waals surface area contributed by atoms with Crippen LogP contribution in [0.3, 0.4) is 0 Å². The zero-order valence-electron chi connectivity index (χ0n) is 12.3. The second kappa shape index (κ2) is 7.15. The third kappa shape index (κ3) is 3.37. The van der Waals surface area contributed by atoms with Gasteiger partial charge in [-0.3, -0.25) is 14.5 Å². The highest BCUT2D eigenvalue weighted by atomic mass is 16.6. The highest BCUT2D eigenvalue weighted by Gasteiger charge is 2.41. The number of ether oxygens (including phenoxy) is 2. The third-order valence-corrected chi connectivity index (χ3v) is 3.97. The summed E-state index contributed by atoms with van der Waals surface area (Å²) in [7, 11) is 0. The lowest BCUT2D eigenvalue weighted by Crippen LogP contribution is -2.46. The maximum atomic E-state index is 12.3. The highest BCUT2D eigenvalue weighted by molar-refractivity contribution is 6.05. The number of rotatable bonds is 6. The molecule has 6 heteroatoms. The summed E-state index contributed by atoms with van der Waals surface area (Å²) in [5.74, 6) is -0.164. The van der Waals surface area contributed by atoms with Crippen molar-refractivity contribution in [2.45, 2.75) is 51.3 Å². The van der Waals surface area contributed by atoms with E-state index in [1.807, 2.05) is 13.8 Å². The molecule has 2 unspecified atom stereocenters. The Kier molecular flexibility index (Phi) is 5.51. The van der Waals surface area contributed by atoms with E-state index in [0.29, 0.717) is 26.4 Å². The SMILES string of the molecule is CCC(CC)N1C(=O)CC(NCC2COCCO2)C1=O. The Bertz CT molecular complexity index is 351. The van der Waals surface area contributed by atoms with Crippen molar-refractivity contribution in [1.29, 1.82) is 0 Å². The molecule has 0 aromatic carbocycles. The zero-order chi connectivity index (χ0) is 14.5. The Balaban J connectivity index is 1.87. The lowest BCUT2D eigenvalue weighted by molar-refractivity contribution is -0.141. The third-order valence-electron chi connectivity index (χ3n) is 3.97. The fraction of sp³-hybridized carbons (Fsp3) is 0.857. The number of nitrogens with zero attached hydrogens (tertiary/aromatic N) is 1. The molecule has 2 saturated heterocycles. The summed E-state index contributed by atoms with van der Waals surface area (Å²) in [6.07, 6.45) is 1.83. The number of hydrogen-bond acceptors (Lipinski definition) is 5. The van der Waals surface area contributed by atoms with Gasteiger partial charge in [0.05, 0.1) is 38.4 Å². The molecule has 0 aliphatic carbocycles. The van der Waals surface area contributed by atoms with Crippen LogP contribution in [0.15, 0.2) is 0 Å². The van der Waals surface area contributed by atoms with Gasteiger partial charge in [0.25, 0.3) is 0 Å². The number of carbonyl (C=O) groups excluding carboxylic acids is 2. The van der Waals surface area contributed by atoms with Crippen molar-refractivity contribution in [1.82, 2.24) is 10.2 Å². The maximum absolute atomic E-state index is 12.3. The molecule has 2 aliphatic rings. The van der Waals surface area contributed by atoms with Crippen molar-refractivity contribution in [2.75, 3.05) is 26.4 Å². The van der Waals surface area contributed by atoms with Gasteiger partial charge in [-0.2, -0.15) is 0 Å². The normalized spacial score (nSPS) is 27.6. The van der Waals surface area contributed by atoms with Crippen molar-refractivity contribution >= 4 is 11.8 Å². The van der Waals surface area contributed by atoms with E-state index in [2.05, 4.69) is 5.32 Å². The number of likely N-dealkylation sites (tertiary alicyclic amines) is 1. The second-order valence-electron chi connectivity index (χ2n) is 5.30. The molecule has 0 radical (unpaired) electrons. The number of nitrogens with one attached hydrogen (secondary N) is 1. The molecule has 0 saturated carbocycles. The van der Waals surface area contributed by atoms with E-state index in [1.165, 1.54) is 4.90 Å². The fourth-order valence-electron chi connectivity index (χ4n) is 2.78. The molecule has 0 spiro atoms. The monoisotopic (exact) mass is 284 g/mol. The highest BCUT2D eigenvalue weighted by Crippen LogP contribution is 2.20. The topological polar surface area (TPSA) is 67.9 Å². The van der Waals surface area contributed by atoms with Gasteiger partial charge in [0, 0.05) is 12.6 Å². The molecule has 2 amide bonds. The smallest absolute Gasteiger partial charge is 0.247 e. The van der Waals surface area contributed by atoms with Crippen molar-refractivity contribution < 1.29 is 19.1 Å². The van der Waals surface area contributed by atoms with E-state index in [0.717, 1.165) is 12.8 Å². The Morgan fingerprint density at radius 2 is 2.05 bits per heavy atom. The van der Waals surface area contributed by atoms with Crippen molar-refractivity contribution in [2.24, 2.45) is 0 Å². The van der Waals surface area contributed by atoms with Gasteiger partial charge in [0.1, 0.15) is 0 Å². The van der Waals surface area contributed by atoms with Gasteiger partial charge in [-0.15, -0.1) is 0 Å². The minimum Gasteiger partial charge on any atom is -0.376 e. The standard InChI is InChI=1S/C14H24N2O4/c1-3-10(4-2)16-13(17)7-12(14(16)18)15-8-11-9-19-5-6-20-11/h10-12,15H,3-9H2,1-2H3. The molecule has 0 aromatic rings. The molecule has 114 valence electrons. The van der Waals surface area contributed by atoms with Gasteiger partial charge in [-0.05, 0) is 12.8 Å². The van der Waals surface area contributed by atoms with Crippen LogP contribution in [0.4, 0.5) is 0 Å². The average molecular weight is 284 g/mol. The molecule has 1 N–H and O–H groups in total. The first kappa shape index (κ1) is 15.4. The molecule has 2 aliphatic heterocycles. The Morgan fingerprint density at radius 1 is 1.30 bits per heavy atom. The van der Waals surface area contributed by atoms with Crippen LogP contribution in [0.5, 0.6) is 0 Å². The Hall–Kier alpha value is -0.980. The van der Waals surface area contributed by atoms with E-state index in [4.69, 9.17) is 9.47 Å². The number of amides is 2. The molecule has 0 aromatic heterocycles. The lowest BCUT2D eigenvalue weighted by Gasteiger charge is -2.26. The zero-order valence-corrected chi connectivity index (χ0v) is 12.3. The molecule has 2 fully saturated rings. The van der Waals surface area contributed by atoms with E-state index in [-0.39, 0.29) is 30.4 Å². The first-order valence-corrected chi connectivity index (χ1v) is 7.46. The summed E-state index contributed by atoms with van der Waals surface area (Å²) in [6.45, 7) is 6.30. The van der Waals surface area contributed by atoms with Crippen molar-refractivity contribution in [3.8, 4) is 0 Å². The van der Waals surface area contributed by atoms with Gasteiger partial charge in [0.2, 0.25) is 11.8 Å². The molecule has 20 heavy (non-hydrogen) atoms. The van der Waals surface area contributed by atoms with Gasteiger partial charge < -0.3 is 14.8 Å². The molecule has 2 rings (SSSR count). The minimum atomic E-state index is -0.409. The lowest BCUT2D eigenvalue weighted by atomic mass is 10.1. The van der Waals surface area contributed by atoms with E-state index >= 15 is 0 Å². The van der Waals surface area contributed by atoms with Gasteiger partial charge in [0.15, 0.2) is 0 Å². The summed E-state index contributed by atoms with van der Waals surface area (Å²) >= 11 is 0. The predicted molar refractivity (Wildman–Crippen MR) is 73.2 cm³/mol. The minimum absolute atomic E-state index is 0.0241. The summed E-state index contributed by atoms with van der Waals surface area (Å²) in [4.78, 5) is 25.8. The van der Waals surface area contributed by atoms with Crippen LogP contribution in [0.2, 0.25) is 0 Å². The molecular weight excluding hydrogens is 260 g/mol. The largest absolute Gasteiger partial charge is 0.376 e. The maximum Gasteiger partial charge on any atom is 0.247 e. The van der Waals surface area contributed by atoms with Crippen LogP contribution >= 0.6 is 0 Å². The summed E-state index contributed by atoms with van der Waals surface area (Å²) in [5, 5.41) is 3.15. The first-order valence-electron chi connectivity index (χ1n) is 7.46. The van der Waals surface area contributed by atoms with Crippen LogP contribution in [-0.2, 0) is 19.1 Å². The predicted octanol–water partition coefficient (Wildman–Crippen LogP) is 0.308. The first-order chi connectivity index (χ1) is 9.67. The van der Waals surface area contributed by atoms with E-state index in [9.17, 15) is 9.59 Å². The van der Waals surface area contributed by atoms with E-state index in [1.54, 1.807) is 0 Å². The van der Waals surface area contributed by atoms with Gasteiger partial charge in [-0.25, -0.2) is 0 Å². The van der Waals surface area contributed by atoms with E-state index < -0.39 is 6.04 Å². The second-order valence-corrected chi connectivity index (χ2v) is 5.30. The molecular formula is C14H24N2O4. The number of carbonyl (C=O) groups is 2. The van der Waals surface area contributed by atoms with Crippen LogP contribution in [0, 0.1) is 0 Å². The number of imide groups is 1. The average Bonchev–Trinajstić information content (AvgIpc) is 2.75.